The molecule has 2 N–H and O–H groups in total. The molecular weight excluding hydrogens is 228 g/mol. The normalized spacial score (nSPS) is 10.0. The fraction of sp³-hybridized carbons (Fsp3) is 0.400. The van der Waals surface area contributed by atoms with Crippen LogP contribution in [0.3, 0.4) is 0 Å². The molecule has 0 radical (unpaired) electrons. The number of halogens is 1. The zero-order valence-electron chi connectivity index (χ0n) is 7.81. The molecule has 0 heterocycles. The summed E-state index contributed by atoms with van der Waals surface area (Å²) in [5.74, 6) is 0. The highest BCUT2D eigenvalue weighted by Crippen LogP contribution is 2.20. The van der Waals surface area contributed by atoms with E-state index in [1.807, 2.05) is 18.2 Å². The van der Waals surface area contributed by atoms with Gasteiger partial charge < -0.3 is 10.6 Å². The number of anilines is 1. The lowest BCUT2D eigenvalue weighted by Gasteiger charge is -2.07. The Balaban J connectivity index is 2.32. The number of benzene rings is 1. The Morgan fingerprint density at radius 3 is 2.69 bits per heavy atom. The van der Waals surface area contributed by atoms with Crippen molar-refractivity contribution in [2.45, 2.75) is 6.92 Å². The highest BCUT2D eigenvalue weighted by Gasteiger charge is 1.95. The Morgan fingerprint density at radius 2 is 2.00 bits per heavy atom. The SMILES string of the molecule is CCNCCNc1ccccc1Br. The summed E-state index contributed by atoms with van der Waals surface area (Å²) in [6.45, 7) is 5.09. The summed E-state index contributed by atoms with van der Waals surface area (Å²) in [5.41, 5.74) is 1.15. The molecule has 2 nitrogen and oxygen atoms in total. The number of rotatable bonds is 5. The molecule has 0 fully saturated rings. The lowest BCUT2D eigenvalue weighted by molar-refractivity contribution is 0.739. The van der Waals surface area contributed by atoms with Gasteiger partial charge in [0, 0.05) is 23.2 Å². The molecule has 0 unspecified atom stereocenters. The van der Waals surface area contributed by atoms with Crippen LogP contribution < -0.4 is 10.6 Å². The smallest absolute Gasteiger partial charge is 0.0485 e. The monoisotopic (exact) mass is 242 g/mol. The standard InChI is InChI=1S/C10H15BrN2/c1-2-12-7-8-13-10-6-4-3-5-9(10)11/h3-6,12-13H,2,7-8H2,1H3. The van der Waals surface area contributed by atoms with Crippen molar-refractivity contribution in [3.8, 4) is 0 Å². The van der Waals surface area contributed by atoms with Gasteiger partial charge in [-0.3, -0.25) is 0 Å². The Kier molecular flexibility index (Phi) is 4.86. The van der Waals surface area contributed by atoms with E-state index in [0.29, 0.717) is 0 Å². The van der Waals surface area contributed by atoms with Gasteiger partial charge in [-0.2, -0.15) is 0 Å². The maximum atomic E-state index is 3.48. The van der Waals surface area contributed by atoms with Gasteiger partial charge in [0.2, 0.25) is 0 Å². The predicted octanol–water partition coefficient (Wildman–Crippen LogP) is 2.47. The third-order valence-corrected chi connectivity index (χ3v) is 2.43. The van der Waals surface area contributed by atoms with Crippen LogP contribution in [0.25, 0.3) is 0 Å². The first-order valence-corrected chi connectivity index (χ1v) is 5.33. The van der Waals surface area contributed by atoms with Crippen molar-refractivity contribution in [1.29, 1.82) is 0 Å². The molecule has 72 valence electrons. The second kappa shape index (κ2) is 6.00. The molecule has 0 saturated heterocycles. The number of para-hydroxylation sites is 1. The van der Waals surface area contributed by atoms with Gasteiger partial charge in [0.05, 0.1) is 0 Å². The average molecular weight is 243 g/mol. The summed E-state index contributed by atoms with van der Waals surface area (Å²) in [6, 6.07) is 8.14. The Bertz CT molecular complexity index is 250. The van der Waals surface area contributed by atoms with E-state index in [-0.39, 0.29) is 0 Å². The fourth-order valence-electron chi connectivity index (χ4n) is 1.07. The largest absolute Gasteiger partial charge is 0.383 e. The number of likely N-dealkylation sites (N-methyl/N-ethyl adjacent to an activating group) is 1. The quantitative estimate of drug-likeness (QED) is 0.776. The maximum Gasteiger partial charge on any atom is 0.0485 e. The second-order valence-electron chi connectivity index (χ2n) is 2.76. The second-order valence-corrected chi connectivity index (χ2v) is 3.61. The Labute approximate surface area is 87.9 Å². The zero-order valence-corrected chi connectivity index (χ0v) is 9.39. The lowest BCUT2D eigenvalue weighted by atomic mass is 10.3. The molecule has 0 amide bonds. The van der Waals surface area contributed by atoms with E-state index in [0.717, 1.165) is 29.8 Å². The molecule has 0 atom stereocenters. The van der Waals surface area contributed by atoms with Gasteiger partial charge in [-0.25, -0.2) is 0 Å². The topological polar surface area (TPSA) is 24.1 Å². The summed E-state index contributed by atoms with van der Waals surface area (Å²) in [6.07, 6.45) is 0. The fourth-order valence-corrected chi connectivity index (χ4v) is 1.49. The van der Waals surface area contributed by atoms with Crippen LogP contribution in [0.5, 0.6) is 0 Å². The van der Waals surface area contributed by atoms with Gasteiger partial charge in [-0.05, 0) is 34.6 Å². The zero-order chi connectivity index (χ0) is 9.52. The molecule has 1 rings (SSSR count). The van der Waals surface area contributed by atoms with Crippen molar-refractivity contribution in [2.75, 3.05) is 25.0 Å². The van der Waals surface area contributed by atoms with Crippen molar-refractivity contribution in [1.82, 2.24) is 5.32 Å². The molecule has 0 bridgehead atoms. The minimum atomic E-state index is 0.955. The summed E-state index contributed by atoms with van der Waals surface area (Å²) >= 11 is 3.48. The van der Waals surface area contributed by atoms with Crippen molar-refractivity contribution >= 4 is 21.6 Å². The Hall–Kier alpha value is -0.540. The molecule has 0 aliphatic rings. The lowest BCUT2D eigenvalue weighted by Crippen LogP contribution is -2.21. The molecule has 0 aromatic heterocycles. The van der Waals surface area contributed by atoms with Gasteiger partial charge in [0.1, 0.15) is 0 Å². The van der Waals surface area contributed by atoms with Gasteiger partial charge >= 0.3 is 0 Å². The van der Waals surface area contributed by atoms with Crippen LogP contribution in [-0.2, 0) is 0 Å². The van der Waals surface area contributed by atoms with Gasteiger partial charge in [0.25, 0.3) is 0 Å². The van der Waals surface area contributed by atoms with Crippen LogP contribution in [0.15, 0.2) is 28.7 Å². The summed E-state index contributed by atoms with van der Waals surface area (Å²) in [4.78, 5) is 0. The van der Waals surface area contributed by atoms with Crippen LogP contribution in [0.2, 0.25) is 0 Å². The molecule has 0 saturated carbocycles. The van der Waals surface area contributed by atoms with Crippen molar-refractivity contribution in [3.05, 3.63) is 28.7 Å². The summed E-state index contributed by atoms with van der Waals surface area (Å²) in [7, 11) is 0. The van der Waals surface area contributed by atoms with Crippen LogP contribution in [0.4, 0.5) is 5.69 Å². The Morgan fingerprint density at radius 1 is 1.23 bits per heavy atom. The van der Waals surface area contributed by atoms with Crippen LogP contribution in [0, 0.1) is 0 Å². The van der Waals surface area contributed by atoms with E-state index in [1.165, 1.54) is 0 Å². The summed E-state index contributed by atoms with van der Waals surface area (Å²) in [5, 5.41) is 6.60. The first kappa shape index (κ1) is 10.5. The molecule has 13 heavy (non-hydrogen) atoms. The van der Waals surface area contributed by atoms with Gasteiger partial charge in [-0.15, -0.1) is 0 Å². The van der Waals surface area contributed by atoms with Crippen LogP contribution >= 0.6 is 15.9 Å². The molecule has 0 aliphatic carbocycles. The highest BCUT2D eigenvalue weighted by atomic mass is 79.9. The van der Waals surface area contributed by atoms with E-state index < -0.39 is 0 Å². The summed E-state index contributed by atoms with van der Waals surface area (Å²) < 4.78 is 1.12. The molecule has 3 heteroatoms. The number of hydrogen-bond donors (Lipinski definition) is 2. The molecule has 0 aliphatic heterocycles. The first-order valence-electron chi connectivity index (χ1n) is 4.53. The maximum absolute atomic E-state index is 3.48. The van der Waals surface area contributed by atoms with Crippen LogP contribution in [-0.4, -0.2) is 19.6 Å². The molecule has 1 aromatic carbocycles. The van der Waals surface area contributed by atoms with Crippen LogP contribution in [0.1, 0.15) is 6.92 Å². The average Bonchev–Trinajstić information content (AvgIpc) is 2.15. The van der Waals surface area contributed by atoms with Crippen molar-refractivity contribution in [3.63, 3.8) is 0 Å². The third kappa shape index (κ3) is 3.79. The molecule has 0 spiro atoms. The minimum Gasteiger partial charge on any atom is -0.383 e. The highest BCUT2D eigenvalue weighted by molar-refractivity contribution is 9.10. The molecule has 1 aromatic rings. The predicted molar refractivity (Wildman–Crippen MR) is 61.2 cm³/mol. The van der Waals surface area contributed by atoms with E-state index in [1.54, 1.807) is 0 Å². The van der Waals surface area contributed by atoms with E-state index in [4.69, 9.17) is 0 Å². The first-order chi connectivity index (χ1) is 6.34. The van der Waals surface area contributed by atoms with Crippen molar-refractivity contribution in [2.24, 2.45) is 0 Å². The van der Waals surface area contributed by atoms with Gasteiger partial charge in [-0.1, -0.05) is 19.1 Å². The van der Waals surface area contributed by atoms with E-state index >= 15 is 0 Å². The number of nitrogens with one attached hydrogen (secondary N) is 2. The van der Waals surface area contributed by atoms with E-state index in [9.17, 15) is 0 Å². The number of hydrogen-bond acceptors (Lipinski definition) is 2. The van der Waals surface area contributed by atoms with Gasteiger partial charge in [0.15, 0.2) is 0 Å². The minimum absolute atomic E-state index is 0.955. The van der Waals surface area contributed by atoms with Crippen molar-refractivity contribution < 1.29 is 0 Å². The third-order valence-electron chi connectivity index (χ3n) is 1.74. The molecular formula is C10H15BrN2. The van der Waals surface area contributed by atoms with E-state index in [2.05, 4.69) is 39.6 Å².